The van der Waals surface area contributed by atoms with E-state index in [9.17, 15) is 0 Å². The van der Waals surface area contributed by atoms with Gasteiger partial charge in [-0.25, -0.2) is 0 Å². The highest BCUT2D eigenvalue weighted by Gasteiger charge is 2.45. The van der Waals surface area contributed by atoms with Crippen molar-refractivity contribution in [3.05, 3.63) is 131 Å². The molecule has 0 bridgehead atoms. The minimum atomic E-state index is -0.404. The summed E-state index contributed by atoms with van der Waals surface area (Å²) in [6.07, 6.45) is 0. The zero-order valence-corrected chi connectivity index (χ0v) is 15.2. The summed E-state index contributed by atoms with van der Waals surface area (Å²) in [5.74, 6) is 1.84. The number of hydrogen-bond donors (Lipinski definition) is 0. The Morgan fingerprint density at radius 2 is 1.11 bits per heavy atom. The van der Waals surface area contributed by atoms with E-state index in [1.54, 1.807) is 0 Å². The van der Waals surface area contributed by atoms with E-state index in [2.05, 4.69) is 104 Å². The van der Waals surface area contributed by atoms with Gasteiger partial charge in [-0.05, 0) is 30.2 Å². The first-order valence-corrected chi connectivity index (χ1v) is 9.29. The van der Waals surface area contributed by atoms with E-state index >= 15 is 0 Å². The van der Waals surface area contributed by atoms with Gasteiger partial charge in [0.15, 0.2) is 0 Å². The molecule has 0 aliphatic carbocycles. The third kappa shape index (κ3) is 2.32. The van der Waals surface area contributed by atoms with Crippen LogP contribution in [0, 0.1) is 6.92 Å². The van der Waals surface area contributed by atoms with Crippen molar-refractivity contribution in [2.24, 2.45) is 0 Å². The van der Waals surface area contributed by atoms with Crippen LogP contribution in [0.3, 0.4) is 0 Å². The molecule has 0 fully saturated rings. The van der Waals surface area contributed by atoms with E-state index in [0.717, 1.165) is 11.5 Å². The highest BCUT2D eigenvalue weighted by atomic mass is 16.5. The third-order valence-electron chi connectivity index (χ3n) is 5.46. The van der Waals surface area contributed by atoms with Gasteiger partial charge in [0, 0.05) is 11.1 Å². The molecular weight excluding hydrogens is 328 g/mol. The Hall–Kier alpha value is -3.32. The summed E-state index contributed by atoms with van der Waals surface area (Å²) < 4.78 is 6.33. The number of hydrogen-bond acceptors (Lipinski definition) is 1. The fraction of sp³-hybridized carbons (Fsp3) is 0.0769. The van der Waals surface area contributed by atoms with Crippen LogP contribution in [0.1, 0.15) is 27.8 Å². The first kappa shape index (κ1) is 15.9. The maximum absolute atomic E-state index is 6.33. The largest absolute Gasteiger partial charge is 0.457 e. The van der Waals surface area contributed by atoms with Gasteiger partial charge in [-0.15, -0.1) is 0 Å². The van der Waals surface area contributed by atoms with Crippen LogP contribution in [0.5, 0.6) is 11.5 Å². The molecule has 4 aromatic carbocycles. The zero-order chi connectivity index (χ0) is 18.3. The second-order valence-corrected chi connectivity index (χ2v) is 7.08. The van der Waals surface area contributed by atoms with Crippen molar-refractivity contribution in [1.29, 1.82) is 0 Å². The molecule has 0 spiro atoms. The molecule has 0 unspecified atom stereocenters. The van der Waals surface area contributed by atoms with Crippen LogP contribution in [0.25, 0.3) is 0 Å². The van der Waals surface area contributed by atoms with Gasteiger partial charge in [0.1, 0.15) is 11.5 Å². The fourth-order valence-corrected chi connectivity index (χ4v) is 4.32. The van der Waals surface area contributed by atoms with Crippen LogP contribution < -0.4 is 4.74 Å². The van der Waals surface area contributed by atoms with Gasteiger partial charge in [-0.1, -0.05) is 96.6 Å². The van der Waals surface area contributed by atoms with Gasteiger partial charge in [-0.3, -0.25) is 0 Å². The Balaban J connectivity index is 1.98. The number of rotatable bonds is 2. The molecule has 1 heterocycles. The average molecular weight is 348 g/mol. The first-order valence-electron chi connectivity index (χ1n) is 9.29. The van der Waals surface area contributed by atoms with Crippen LogP contribution >= 0.6 is 0 Å². The molecule has 0 saturated carbocycles. The summed E-state index contributed by atoms with van der Waals surface area (Å²) in [5.41, 5.74) is 5.70. The highest BCUT2D eigenvalue weighted by Crippen LogP contribution is 2.55. The van der Waals surface area contributed by atoms with E-state index in [4.69, 9.17) is 4.74 Å². The number of benzene rings is 4. The van der Waals surface area contributed by atoms with E-state index in [0.29, 0.717) is 0 Å². The lowest BCUT2D eigenvalue weighted by molar-refractivity contribution is 0.434. The molecule has 0 aromatic heterocycles. The van der Waals surface area contributed by atoms with Gasteiger partial charge in [0.2, 0.25) is 0 Å². The smallest absolute Gasteiger partial charge is 0.132 e. The molecule has 27 heavy (non-hydrogen) atoms. The molecule has 1 nitrogen and oxygen atoms in total. The fourth-order valence-electron chi connectivity index (χ4n) is 4.32. The Bertz CT molecular complexity index is 1060. The van der Waals surface area contributed by atoms with Crippen molar-refractivity contribution >= 4 is 0 Å². The standard InChI is InChI=1S/C26H20O/c1-19-16-17-25-23(18-19)26(20-10-4-2-5-11-20,21-12-6-3-7-13-21)22-14-8-9-15-24(22)27-25/h2-18H,1H3. The SMILES string of the molecule is Cc1ccc2c(c1)C(c1ccccc1)(c1ccccc1)c1ccccc1O2. The van der Waals surface area contributed by atoms with Crippen LogP contribution in [0.4, 0.5) is 0 Å². The molecule has 0 atom stereocenters. The number of ether oxygens (including phenoxy) is 1. The van der Waals surface area contributed by atoms with Crippen LogP contribution in [0.15, 0.2) is 103 Å². The summed E-state index contributed by atoms with van der Waals surface area (Å²) >= 11 is 0. The van der Waals surface area contributed by atoms with Crippen molar-refractivity contribution in [3.63, 3.8) is 0 Å². The van der Waals surface area contributed by atoms with Crippen molar-refractivity contribution in [2.45, 2.75) is 12.3 Å². The molecule has 0 radical (unpaired) electrons. The molecule has 0 N–H and O–H groups in total. The van der Waals surface area contributed by atoms with Gasteiger partial charge in [-0.2, -0.15) is 0 Å². The summed E-state index contributed by atoms with van der Waals surface area (Å²) in [6.45, 7) is 2.14. The predicted molar refractivity (Wildman–Crippen MR) is 110 cm³/mol. The van der Waals surface area contributed by atoms with Gasteiger partial charge < -0.3 is 4.74 Å². The summed E-state index contributed by atoms with van der Waals surface area (Å²) in [7, 11) is 0. The third-order valence-corrected chi connectivity index (χ3v) is 5.46. The van der Waals surface area contributed by atoms with Crippen LogP contribution in [-0.4, -0.2) is 0 Å². The Morgan fingerprint density at radius 3 is 1.78 bits per heavy atom. The summed E-state index contributed by atoms with van der Waals surface area (Å²) in [5, 5.41) is 0. The van der Waals surface area contributed by atoms with E-state index in [1.807, 2.05) is 6.07 Å². The molecule has 0 amide bonds. The number of para-hydroxylation sites is 1. The number of fused-ring (bicyclic) bond motifs is 2. The molecule has 0 saturated heterocycles. The van der Waals surface area contributed by atoms with Crippen molar-refractivity contribution in [2.75, 3.05) is 0 Å². The Morgan fingerprint density at radius 1 is 0.556 bits per heavy atom. The predicted octanol–water partition coefficient (Wildman–Crippen LogP) is 6.48. The maximum Gasteiger partial charge on any atom is 0.132 e. The van der Waals surface area contributed by atoms with Crippen molar-refractivity contribution in [1.82, 2.24) is 0 Å². The van der Waals surface area contributed by atoms with E-state index < -0.39 is 5.41 Å². The number of aryl methyl sites for hydroxylation is 1. The maximum atomic E-state index is 6.33. The van der Waals surface area contributed by atoms with Crippen LogP contribution in [-0.2, 0) is 5.41 Å². The topological polar surface area (TPSA) is 9.23 Å². The van der Waals surface area contributed by atoms with Gasteiger partial charge >= 0.3 is 0 Å². The minimum Gasteiger partial charge on any atom is -0.457 e. The molecule has 1 aliphatic rings. The van der Waals surface area contributed by atoms with Crippen molar-refractivity contribution < 1.29 is 4.74 Å². The lowest BCUT2D eigenvalue weighted by Crippen LogP contribution is -2.34. The zero-order valence-electron chi connectivity index (χ0n) is 15.2. The minimum absolute atomic E-state index is 0.404. The molecule has 4 aromatic rings. The summed E-state index contributed by atoms with van der Waals surface area (Å²) in [6, 6.07) is 36.4. The molecule has 130 valence electrons. The Kier molecular flexibility index (Phi) is 3.61. The monoisotopic (exact) mass is 348 g/mol. The van der Waals surface area contributed by atoms with Gasteiger partial charge in [0.05, 0.1) is 5.41 Å². The van der Waals surface area contributed by atoms with Gasteiger partial charge in [0.25, 0.3) is 0 Å². The molecule has 1 heteroatoms. The molecular formula is C26H20O. The second-order valence-electron chi connectivity index (χ2n) is 7.08. The van der Waals surface area contributed by atoms with Crippen LogP contribution in [0.2, 0.25) is 0 Å². The quantitative estimate of drug-likeness (QED) is 0.354. The molecule has 1 aliphatic heterocycles. The lowest BCUT2D eigenvalue weighted by atomic mass is 9.63. The highest BCUT2D eigenvalue weighted by molar-refractivity contribution is 5.69. The average Bonchev–Trinajstić information content (AvgIpc) is 2.73. The normalized spacial score (nSPS) is 14.0. The van der Waals surface area contributed by atoms with E-state index in [1.165, 1.54) is 27.8 Å². The Labute approximate surface area is 159 Å². The first-order chi connectivity index (χ1) is 13.3. The van der Waals surface area contributed by atoms with Crippen molar-refractivity contribution in [3.8, 4) is 11.5 Å². The van der Waals surface area contributed by atoms with E-state index in [-0.39, 0.29) is 0 Å². The lowest BCUT2D eigenvalue weighted by Gasteiger charge is -2.41. The second kappa shape index (κ2) is 6.14. The summed E-state index contributed by atoms with van der Waals surface area (Å²) in [4.78, 5) is 0. The molecule has 5 rings (SSSR count).